The van der Waals surface area contributed by atoms with Crippen LogP contribution in [0.2, 0.25) is 5.02 Å². The zero-order valence-electron chi connectivity index (χ0n) is 8.94. The number of rotatable bonds is 2. The molecule has 2 heteroatoms. The quantitative estimate of drug-likeness (QED) is 0.712. The lowest BCUT2D eigenvalue weighted by Gasteiger charge is -2.11. The van der Waals surface area contributed by atoms with Crippen molar-refractivity contribution < 1.29 is 0 Å². The molecule has 0 aliphatic heterocycles. The zero-order valence-corrected chi connectivity index (χ0v) is 9.70. The summed E-state index contributed by atoms with van der Waals surface area (Å²) in [6, 6.07) is 12.1. The molecule has 0 N–H and O–H groups in total. The van der Waals surface area contributed by atoms with Crippen molar-refractivity contribution in [1.29, 1.82) is 0 Å². The van der Waals surface area contributed by atoms with Crippen LogP contribution in [0.5, 0.6) is 0 Å². The average Bonchev–Trinajstić information content (AvgIpc) is 2.67. The molecule has 0 saturated carbocycles. The SMILES string of the molecule is CC(C)c1cccn1-c1ccc(Cl)cc1. The van der Waals surface area contributed by atoms with Gasteiger partial charge in [-0.3, -0.25) is 0 Å². The van der Waals surface area contributed by atoms with Crippen molar-refractivity contribution in [1.82, 2.24) is 4.57 Å². The maximum absolute atomic E-state index is 5.87. The summed E-state index contributed by atoms with van der Waals surface area (Å²) < 4.78 is 2.20. The normalized spacial score (nSPS) is 10.9. The highest BCUT2D eigenvalue weighted by Gasteiger charge is 2.06. The van der Waals surface area contributed by atoms with Crippen LogP contribution in [-0.4, -0.2) is 4.57 Å². The van der Waals surface area contributed by atoms with Gasteiger partial charge in [-0.2, -0.15) is 0 Å². The molecule has 1 aromatic heterocycles. The van der Waals surface area contributed by atoms with E-state index in [4.69, 9.17) is 11.6 Å². The second-order valence-electron chi connectivity index (χ2n) is 3.93. The van der Waals surface area contributed by atoms with Gasteiger partial charge < -0.3 is 4.57 Å². The molecule has 0 atom stereocenters. The Morgan fingerprint density at radius 3 is 2.33 bits per heavy atom. The minimum Gasteiger partial charge on any atom is -0.321 e. The van der Waals surface area contributed by atoms with Gasteiger partial charge in [0, 0.05) is 22.6 Å². The summed E-state index contributed by atoms with van der Waals surface area (Å²) in [5, 5.41) is 0.775. The molecule has 1 heterocycles. The second kappa shape index (κ2) is 4.11. The predicted octanol–water partition coefficient (Wildman–Crippen LogP) is 4.25. The van der Waals surface area contributed by atoms with Crippen molar-refractivity contribution in [3.63, 3.8) is 0 Å². The first kappa shape index (κ1) is 10.3. The molecule has 0 aliphatic carbocycles. The third-order valence-electron chi connectivity index (χ3n) is 2.48. The van der Waals surface area contributed by atoms with E-state index in [1.165, 1.54) is 5.69 Å². The van der Waals surface area contributed by atoms with Crippen LogP contribution in [0.25, 0.3) is 5.69 Å². The van der Waals surface area contributed by atoms with Crippen LogP contribution < -0.4 is 0 Å². The Balaban J connectivity index is 2.45. The first-order valence-electron chi connectivity index (χ1n) is 5.11. The molecule has 0 radical (unpaired) electrons. The summed E-state index contributed by atoms with van der Waals surface area (Å²) in [4.78, 5) is 0. The monoisotopic (exact) mass is 219 g/mol. The minimum atomic E-state index is 0.524. The van der Waals surface area contributed by atoms with Crippen molar-refractivity contribution in [2.45, 2.75) is 19.8 Å². The zero-order chi connectivity index (χ0) is 10.8. The van der Waals surface area contributed by atoms with Gasteiger partial charge in [0.2, 0.25) is 0 Å². The Labute approximate surface area is 95.3 Å². The molecule has 15 heavy (non-hydrogen) atoms. The van der Waals surface area contributed by atoms with Crippen LogP contribution in [0.3, 0.4) is 0 Å². The number of hydrogen-bond acceptors (Lipinski definition) is 0. The van der Waals surface area contributed by atoms with E-state index < -0.39 is 0 Å². The molecular formula is C13H14ClN. The molecule has 0 aliphatic rings. The number of aromatic nitrogens is 1. The fourth-order valence-corrected chi connectivity index (χ4v) is 1.83. The fourth-order valence-electron chi connectivity index (χ4n) is 1.70. The number of halogens is 1. The second-order valence-corrected chi connectivity index (χ2v) is 4.37. The van der Waals surface area contributed by atoms with E-state index in [9.17, 15) is 0 Å². The Morgan fingerprint density at radius 1 is 1.07 bits per heavy atom. The molecule has 1 nitrogen and oxygen atoms in total. The Morgan fingerprint density at radius 2 is 1.73 bits per heavy atom. The van der Waals surface area contributed by atoms with Crippen LogP contribution in [0.15, 0.2) is 42.6 Å². The fraction of sp³-hybridized carbons (Fsp3) is 0.231. The number of benzene rings is 1. The summed E-state index contributed by atoms with van der Waals surface area (Å²) in [6.07, 6.45) is 2.08. The highest BCUT2D eigenvalue weighted by atomic mass is 35.5. The van der Waals surface area contributed by atoms with E-state index >= 15 is 0 Å². The lowest BCUT2D eigenvalue weighted by Crippen LogP contribution is -1.99. The molecule has 2 rings (SSSR count). The molecule has 0 unspecified atom stereocenters. The van der Waals surface area contributed by atoms with Crippen molar-refractivity contribution in [2.75, 3.05) is 0 Å². The number of nitrogens with zero attached hydrogens (tertiary/aromatic N) is 1. The van der Waals surface area contributed by atoms with Gasteiger partial charge in [-0.1, -0.05) is 25.4 Å². The maximum atomic E-state index is 5.87. The third kappa shape index (κ3) is 2.07. The van der Waals surface area contributed by atoms with E-state index in [0.717, 1.165) is 10.7 Å². The molecule has 0 amide bonds. The lowest BCUT2D eigenvalue weighted by atomic mass is 10.1. The van der Waals surface area contributed by atoms with Gasteiger partial charge in [0.1, 0.15) is 0 Å². The smallest absolute Gasteiger partial charge is 0.0453 e. The first-order chi connectivity index (χ1) is 7.18. The van der Waals surface area contributed by atoms with E-state index in [-0.39, 0.29) is 0 Å². The van der Waals surface area contributed by atoms with Crippen LogP contribution in [-0.2, 0) is 0 Å². The van der Waals surface area contributed by atoms with Gasteiger partial charge in [-0.05, 0) is 42.3 Å². The van der Waals surface area contributed by atoms with Crippen molar-refractivity contribution in [3.8, 4) is 5.69 Å². The minimum absolute atomic E-state index is 0.524. The van der Waals surface area contributed by atoms with Gasteiger partial charge in [-0.15, -0.1) is 0 Å². The van der Waals surface area contributed by atoms with E-state index in [2.05, 4.69) is 36.7 Å². The van der Waals surface area contributed by atoms with Gasteiger partial charge in [0.25, 0.3) is 0 Å². The molecule has 1 aromatic carbocycles. The van der Waals surface area contributed by atoms with Gasteiger partial charge in [-0.25, -0.2) is 0 Å². The van der Waals surface area contributed by atoms with Gasteiger partial charge in [0.05, 0.1) is 0 Å². The number of hydrogen-bond donors (Lipinski definition) is 0. The standard InChI is InChI=1S/C13H14ClN/c1-10(2)13-4-3-9-15(13)12-7-5-11(14)6-8-12/h3-10H,1-2H3. The van der Waals surface area contributed by atoms with Gasteiger partial charge >= 0.3 is 0 Å². The van der Waals surface area contributed by atoms with Crippen LogP contribution in [0, 0.1) is 0 Å². The molecule has 0 fully saturated rings. The van der Waals surface area contributed by atoms with Crippen LogP contribution >= 0.6 is 11.6 Å². The van der Waals surface area contributed by atoms with Crippen molar-refractivity contribution in [2.24, 2.45) is 0 Å². The van der Waals surface area contributed by atoms with E-state index in [1.54, 1.807) is 0 Å². The predicted molar refractivity (Wildman–Crippen MR) is 64.9 cm³/mol. The summed E-state index contributed by atoms with van der Waals surface area (Å²) in [6.45, 7) is 4.39. The highest BCUT2D eigenvalue weighted by molar-refractivity contribution is 6.30. The first-order valence-corrected chi connectivity index (χ1v) is 5.49. The Bertz CT molecular complexity index is 440. The molecule has 0 saturated heterocycles. The average molecular weight is 220 g/mol. The summed E-state index contributed by atoms with van der Waals surface area (Å²) >= 11 is 5.87. The lowest BCUT2D eigenvalue weighted by molar-refractivity contribution is 0.787. The molecule has 2 aromatic rings. The van der Waals surface area contributed by atoms with Crippen molar-refractivity contribution >= 4 is 11.6 Å². The molecule has 0 spiro atoms. The van der Waals surface area contributed by atoms with Gasteiger partial charge in [0.15, 0.2) is 0 Å². The highest BCUT2D eigenvalue weighted by Crippen LogP contribution is 2.21. The van der Waals surface area contributed by atoms with E-state index in [0.29, 0.717) is 5.92 Å². The Hall–Kier alpha value is -1.21. The van der Waals surface area contributed by atoms with E-state index in [1.807, 2.05) is 24.3 Å². The summed E-state index contributed by atoms with van der Waals surface area (Å²) in [7, 11) is 0. The molecule has 0 bridgehead atoms. The summed E-state index contributed by atoms with van der Waals surface area (Å²) in [5.74, 6) is 0.524. The third-order valence-corrected chi connectivity index (χ3v) is 2.73. The Kier molecular flexibility index (Phi) is 2.83. The summed E-state index contributed by atoms with van der Waals surface area (Å²) in [5.41, 5.74) is 2.48. The van der Waals surface area contributed by atoms with Crippen LogP contribution in [0.1, 0.15) is 25.5 Å². The topological polar surface area (TPSA) is 4.93 Å². The molecule has 78 valence electrons. The largest absolute Gasteiger partial charge is 0.321 e. The maximum Gasteiger partial charge on any atom is 0.0453 e. The molecular weight excluding hydrogens is 206 g/mol. The van der Waals surface area contributed by atoms with Crippen molar-refractivity contribution in [3.05, 3.63) is 53.3 Å². The van der Waals surface area contributed by atoms with Crippen LogP contribution in [0.4, 0.5) is 0 Å².